The number of nitrogen functional groups attached to an aromatic ring is 1. The lowest BCUT2D eigenvalue weighted by molar-refractivity contribution is -0.120. The maximum Gasteiger partial charge on any atom is 0.233 e. The first-order chi connectivity index (χ1) is 8.63. The van der Waals surface area contributed by atoms with Gasteiger partial charge in [-0.15, -0.1) is 16.8 Å². The fourth-order valence-electron chi connectivity index (χ4n) is 1.52. The number of nitrogens with two attached hydrogens (primary N) is 1. The molecule has 1 atom stereocenters. The van der Waals surface area contributed by atoms with E-state index in [-0.39, 0.29) is 11.2 Å². The molecule has 1 heterocycles. The van der Waals surface area contributed by atoms with E-state index in [1.165, 1.54) is 16.4 Å². The maximum absolute atomic E-state index is 11.7. The van der Waals surface area contributed by atoms with Crippen LogP contribution in [0, 0.1) is 0 Å². The normalized spacial score (nSPS) is 16.3. The lowest BCUT2D eigenvalue weighted by Gasteiger charge is -2.10. The molecule has 0 radical (unpaired) electrons. The lowest BCUT2D eigenvalue weighted by atomic mass is 10.4. The number of rotatable bonds is 6. The van der Waals surface area contributed by atoms with Crippen molar-refractivity contribution < 1.29 is 4.79 Å². The van der Waals surface area contributed by atoms with Crippen molar-refractivity contribution in [1.29, 1.82) is 0 Å². The van der Waals surface area contributed by atoms with Crippen molar-refractivity contribution in [1.82, 2.24) is 20.2 Å². The largest absolute Gasteiger partial charge is 0.352 e. The van der Waals surface area contributed by atoms with Crippen molar-refractivity contribution in [2.24, 2.45) is 0 Å². The van der Waals surface area contributed by atoms with Crippen LogP contribution in [0.15, 0.2) is 17.8 Å². The third-order valence-corrected chi connectivity index (χ3v) is 3.76. The third kappa shape index (κ3) is 2.84. The first kappa shape index (κ1) is 12.9. The molecule has 1 unspecified atom stereocenters. The Bertz CT molecular complexity index is 454. The van der Waals surface area contributed by atoms with Crippen LogP contribution in [0.2, 0.25) is 0 Å². The quantitative estimate of drug-likeness (QED) is 0.449. The van der Waals surface area contributed by atoms with E-state index in [9.17, 15) is 4.79 Å². The predicted molar refractivity (Wildman–Crippen MR) is 70.7 cm³/mol. The van der Waals surface area contributed by atoms with E-state index in [0.717, 1.165) is 18.7 Å². The fraction of sp³-hybridized carbons (Fsp3) is 0.545. The molecule has 7 heteroatoms. The number of thioether (sulfide) groups is 1. The molecule has 0 aromatic carbocycles. The van der Waals surface area contributed by atoms with Crippen molar-refractivity contribution in [3.05, 3.63) is 18.5 Å². The van der Waals surface area contributed by atoms with Gasteiger partial charge in [-0.25, -0.2) is 4.68 Å². The number of aromatic nitrogens is 3. The van der Waals surface area contributed by atoms with Crippen LogP contribution in [0.4, 0.5) is 0 Å². The van der Waals surface area contributed by atoms with E-state index in [0.29, 0.717) is 17.6 Å². The second-order valence-electron chi connectivity index (χ2n) is 4.28. The Balaban J connectivity index is 1.95. The average Bonchev–Trinajstić information content (AvgIpc) is 3.13. The molecule has 1 aromatic rings. The summed E-state index contributed by atoms with van der Waals surface area (Å²) in [4.78, 5) is 11.7. The van der Waals surface area contributed by atoms with E-state index >= 15 is 0 Å². The monoisotopic (exact) mass is 267 g/mol. The molecule has 98 valence electrons. The Labute approximate surface area is 110 Å². The van der Waals surface area contributed by atoms with Gasteiger partial charge in [0.1, 0.15) is 0 Å². The minimum absolute atomic E-state index is 0.0594. The van der Waals surface area contributed by atoms with Crippen LogP contribution in [0.3, 0.4) is 0 Å². The summed E-state index contributed by atoms with van der Waals surface area (Å²) < 4.78 is 1.50. The van der Waals surface area contributed by atoms with Crippen molar-refractivity contribution in [2.45, 2.75) is 36.1 Å². The zero-order chi connectivity index (χ0) is 13.1. The Morgan fingerprint density at radius 2 is 2.44 bits per heavy atom. The van der Waals surface area contributed by atoms with Gasteiger partial charge in [0.25, 0.3) is 0 Å². The molecule has 1 amide bonds. The van der Waals surface area contributed by atoms with E-state index in [2.05, 4.69) is 22.1 Å². The molecule has 2 rings (SSSR count). The van der Waals surface area contributed by atoms with Crippen LogP contribution >= 0.6 is 11.8 Å². The molecule has 0 spiro atoms. The number of carbonyl (C=O) groups is 1. The second-order valence-corrected chi connectivity index (χ2v) is 5.59. The highest BCUT2D eigenvalue weighted by atomic mass is 32.2. The van der Waals surface area contributed by atoms with Crippen molar-refractivity contribution in [3.8, 4) is 0 Å². The van der Waals surface area contributed by atoms with Gasteiger partial charge in [-0.2, -0.15) is 0 Å². The summed E-state index contributed by atoms with van der Waals surface area (Å²) in [6.45, 7) is 5.83. The molecular weight excluding hydrogens is 250 g/mol. The summed E-state index contributed by atoms with van der Waals surface area (Å²) in [5.41, 5.74) is 0. The molecule has 1 aliphatic rings. The maximum atomic E-state index is 11.7. The van der Waals surface area contributed by atoms with E-state index in [1.807, 2.05) is 6.92 Å². The van der Waals surface area contributed by atoms with Gasteiger partial charge in [0, 0.05) is 12.5 Å². The first-order valence-electron chi connectivity index (χ1n) is 5.89. The van der Waals surface area contributed by atoms with Gasteiger partial charge in [0.2, 0.25) is 11.1 Å². The Morgan fingerprint density at radius 3 is 3.06 bits per heavy atom. The van der Waals surface area contributed by atoms with Crippen LogP contribution in [-0.2, 0) is 4.79 Å². The topological polar surface area (TPSA) is 85.8 Å². The van der Waals surface area contributed by atoms with Crippen LogP contribution in [0.1, 0.15) is 31.5 Å². The van der Waals surface area contributed by atoms with Gasteiger partial charge in [0.05, 0.1) is 5.25 Å². The third-order valence-electron chi connectivity index (χ3n) is 2.71. The van der Waals surface area contributed by atoms with Crippen LogP contribution in [-0.4, -0.2) is 32.6 Å². The average molecular weight is 267 g/mol. The molecule has 0 bridgehead atoms. The standard InChI is InChI=1S/C11H17N5OS/c1-3-6-13-10(17)7(2)18-11-15-14-9(16(11)12)8-4-5-8/h3,7-8H,1,4-6,12H2,2H3,(H,13,17). The zero-order valence-electron chi connectivity index (χ0n) is 10.3. The van der Waals surface area contributed by atoms with Crippen molar-refractivity contribution >= 4 is 17.7 Å². The van der Waals surface area contributed by atoms with Gasteiger partial charge in [-0.3, -0.25) is 4.79 Å². The van der Waals surface area contributed by atoms with Gasteiger partial charge in [0.15, 0.2) is 5.82 Å². The lowest BCUT2D eigenvalue weighted by Crippen LogP contribution is -2.31. The number of amides is 1. The number of hydrogen-bond donors (Lipinski definition) is 2. The summed E-state index contributed by atoms with van der Waals surface area (Å²) in [6.07, 6.45) is 3.89. The molecule has 1 aliphatic carbocycles. The molecule has 0 aliphatic heterocycles. The molecule has 18 heavy (non-hydrogen) atoms. The minimum Gasteiger partial charge on any atom is -0.352 e. The Morgan fingerprint density at radius 1 is 1.72 bits per heavy atom. The SMILES string of the molecule is C=CCNC(=O)C(C)Sc1nnc(C2CC2)n1N. The van der Waals surface area contributed by atoms with Gasteiger partial charge < -0.3 is 11.2 Å². The molecule has 6 nitrogen and oxygen atoms in total. The predicted octanol–water partition coefficient (Wildman–Crippen LogP) is 0.652. The number of nitrogens with one attached hydrogen (secondary N) is 1. The first-order valence-corrected chi connectivity index (χ1v) is 6.77. The Hall–Kier alpha value is -1.50. The van der Waals surface area contributed by atoms with Gasteiger partial charge in [-0.05, 0) is 19.8 Å². The van der Waals surface area contributed by atoms with Crippen molar-refractivity contribution in [3.63, 3.8) is 0 Å². The van der Waals surface area contributed by atoms with Crippen LogP contribution in [0.5, 0.6) is 0 Å². The highest BCUT2D eigenvalue weighted by molar-refractivity contribution is 8.00. The van der Waals surface area contributed by atoms with Gasteiger partial charge in [-0.1, -0.05) is 17.8 Å². The van der Waals surface area contributed by atoms with E-state index in [1.54, 1.807) is 6.08 Å². The van der Waals surface area contributed by atoms with Gasteiger partial charge >= 0.3 is 0 Å². The number of hydrogen-bond acceptors (Lipinski definition) is 5. The number of carbonyl (C=O) groups excluding carboxylic acids is 1. The van der Waals surface area contributed by atoms with E-state index < -0.39 is 0 Å². The minimum atomic E-state index is -0.261. The molecule has 0 saturated heterocycles. The second kappa shape index (κ2) is 5.43. The molecule has 1 saturated carbocycles. The highest BCUT2D eigenvalue weighted by Gasteiger charge is 2.30. The summed E-state index contributed by atoms with van der Waals surface area (Å²) in [5.74, 6) is 7.12. The molecule has 3 N–H and O–H groups in total. The zero-order valence-corrected chi connectivity index (χ0v) is 11.1. The van der Waals surface area contributed by atoms with Crippen molar-refractivity contribution in [2.75, 3.05) is 12.4 Å². The Kier molecular flexibility index (Phi) is 3.90. The van der Waals surface area contributed by atoms with E-state index in [4.69, 9.17) is 5.84 Å². The molecular formula is C11H17N5OS. The summed E-state index contributed by atoms with van der Waals surface area (Å²) in [7, 11) is 0. The molecule has 1 fully saturated rings. The molecule has 1 aromatic heterocycles. The fourth-order valence-corrected chi connectivity index (χ4v) is 2.32. The smallest absolute Gasteiger partial charge is 0.233 e. The number of nitrogens with zero attached hydrogens (tertiary/aromatic N) is 3. The van der Waals surface area contributed by atoms with Crippen LogP contribution in [0.25, 0.3) is 0 Å². The highest BCUT2D eigenvalue weighted by Crippen LogP contribution is 2.39. The summed E-state index contributed by atoms with van der Waals surface area (Å²) in [6, 6.07) is 0. The summed E-state index contributed by atoms with van der Waals surface area (Å²) in [5, 5.41) is 11.2. The summed E-state index contributed by atoms with van der Waals surface area (Å²) >= 11 is 1.31. The van der Waals surface area contributed by atoms with Crippen LogP contribution < -0.4 is 11.2 Å².